The number of fused-ring (bicyclic) bond motifs is 1. The molecular formula is C24H19N3O2. The van der Waals surface area contributed by atoms with E-state index >= 15 is 0 Å². The molecule has 5 nitrogen and oxygen atoms in total. The Kier molecular flexibility index (Phi) is 5.03. The molecule has 29 heavy (non-hydrogen) atoms. The Morgan fingerprint density at radius 1 is 1.00 bits per heavy atom. The van der Waals surface area contributed by atoms with Crippen LogP contribution in [0, 0.1) is 6.92 Å². The van der Waals surface area contributed by atoms with E-state index in [1.54, 1.807) is 30.3 Å². The van der Waals surface area contributed by atoms with Crippen LogP contribution in [0.1, 0.15) is 21.5 Å². The highest BCUT2D eigenvalue weighted by Crippen LogP contribution is 2.25. The highest BCUT2D eigenvalue weighted by atomic mass is 16.3. The molecule has 0 aliphatic heterocycles. The number of carbonyl (C=O) groups is 1. The molecule has 142 valence electrons. The normalized spacial score (nSPS) is 11.1. The number of aromatic hydroxyl groups is 1. The van der Waals surface area contributed by atoms with Gasteiger partial charge in [0.2, 0.25) is 0 Å². The molecule has 0 spiro atoms. The van der Waals surface area contributed by atoms with Crippen LogP contribution < -0.4 is 5.43 Å². The van der Waals surface area contributed by atoms with E-state index in [0.29, 0.717) is 5.56 Å². The molecule has 1 heterocycles. The smallest absolute Gasteiger partial charge is 0.272 e. The fraction of sp³-hybridized carbons (Fsp3) is 0.0417. The number of amides is 1. The third kappa shape index (κ3) is 4.14. The number of pyridine rings is 1. The third-order valence-corrected chi connectivity index (χ3v) is 4.58. The summed E-state index contributed by atoms with van der Waals surface area (Å²) in [6, 6.07) is 23.9. The zero-order valence-electron chi connectivity index (χ0n) is 15.8. The van der Waals surface area contributed by atoms with Crippen molar-refractivity contribution < 1.29 is 9.90 Å². The number of aryl methyl sites for hydroxylation is 1. The average molecular weight is 381 g/mol. The van der Waals surface area contributed by atoms with Crippen LogP contribution in [0.4, 0.5) is 0 Å². The summed E-state index contributed by atoms with van der Waals surface area (Å²) < 4.78 is 0. The Bertz CT molecular complexity index is 1200. The summed E-state index contributed by atoms with van der Waals surface area (Å²) in [6.45, 7) is 2.03. The quantitative estimate of drug-likeness (QED) is 0.398. The van der Waals surface area contributed by atoms with Crippen LogP contribution in [0.5, 0.6) is 5.75 Å². The van der Waals surface area contributed by atoms with Gasteiger partial charge in [-0.25, -0.2) is 10.4 Å². The molecule has 1 aromatic heterocycles. The molecule has 0 atom stereocenters. The molecular weight excluding hydrogens is 362 g/mol. The largest absolute Gasteiger partial charge is 0.508 e. The van der Waals surface area contributed by atoms with Gasteiger partial charge in [0.1, 0.15) is 5.75 Å². The van der Waals surface area contributed by atoms with Crippen molar-refractivity contribution in [3.05, 3.63) is 95.6 Å². The number of hydrazone groups is 1. The minimum absolute atomic E-state index is 0.179. The Morgan fingerprint density at radius 2 is 1.72 bits per heavy atom. The van der Waals surface area contributed by atoms with Gasteiger partial charge in [0, 0.05) is 10.9 Å². The number of hydrogen-bond donors (Lipinski definition) is 2. The minimum Gasteiger partial charge on any atom is -0.508 e. The fourth-order valence-electron chi connectivity index (χ4n) is 3.02. The van der Waals surface area contributed by atoms with Gasteiger partial charge in [0.05, 0.1) is 23.0 Å². The van der Waals surface area contributed by atoms with Crippen LogP contribution in [0.15, 0.2) is 84.0 Å². The molecule has 0 bridgehead atoms. The standard InChI is InChI=1S/C24H19N3O2/c1-16-6-10-18(11-7-16)23-14-21(20-4-2-3-5-22(20)26-23)24(29)27-25-15-17-8-12-19(28)13-9-17/h2-15,28H,1H3,(H,27,29). The first-order valence-electron chi connectivity index (χ1n) is 9.19. The van der Waals surface area contributed by atoms with Gasteiger partial charge in [0.15, 0.2) is 0 Å². The van der Waals surface area contributed by atoms with Crippen LogP contribution in [0.25, 0.3) is 22.2 Å². The number of benzene rings is 3. The van der Waals surface area contributed by atoms with E-state index in [2.05, 4.69) is 10.5 Å². The molecule has 0 aliphatic carbocycles. The Hall–Kier alpha value is -3.99. The van der Waals surface area contributed by atoms with Crippen molar-refractivity contribution in [3.63, 3.8) is 0 Å². The van der Waals surface area contributed by atoms with Crippen molar-refractivity contribution in [1.82, 2.24) is 10.4 Å². The topological polar surface area (TPSA) is 74.6 Å². The first kappa shape index (κ1) is 18.4. The maximum absolute atomic E-state index is 12.8. The lowest BCUT2D eigenvalue weighted by Crippen LogP contribution is -2.18. The van der Waals surface area contributed by atoms with E-state index in [9.17, 15) is 9.90 Å². The van der Waals surface area contributed by atoms with Crippen molar-refractivity contribution in [1.29, 1.82) is 0 Å². The lowest BCUT2D eigenvalue weighted by atomic mass is 10.0. The second-order valence-electron chi connectivity index (χ2n) is 6.73. The second-order valence-corrected chi connectivity index (χ2v) is 6.73. The zero-order chi connectivity index (χ0) is 20.2. The van der Waals surface area contributed by atoms with Gasteiger partial charge < -0.3 is 5.11 Å². The van der Waals surface area contributed by atoms with Crippen molar-refractivity contribution in [3.8, 4) is 17.0 Å². The van der Waals surface area contributed by atoms with Crippen molar-refractivity contribution >= 4 is 23.0 Å². The molecule has 4 rings (SSSR count). The fourth-order valence-corrected chi connectivity index (χ4v) is 3.02. The van der Waals surface area contributed by atoms with E-state index in [-0.39, 0.29) is 11.7 Å². The Morgan fingerprint density at radius 3 is 2.48 bits per heavy atom. The van der Waals surface area contributed by atoms with Gasteiger partial charge in [-0.2, -0.15) is 5.10 Å². The zero-order valence-corrected chi connectivity index (χ0v) is 15.8. The summed E-state index contributed by atoms with van der Waals surface area (Å²) >= 11 is 0. The maximum atomic E-state index is 12.8. The van der Waals surface area contributed by atoms with Gasteiger partial charge in [-0.3, -0.25) is 4.79 Å². The van der Waals surface area contributed by atoms with Crippen molar-refractivity contribution in [2.24, 2.45) is 5.10 Å². The number of hydrogen-bond acceptors (Lipinski definition) is 4. The molecule has 0 radical (unpaired) electrons. The van der Waals surface area contributed by atoms with Gasteiger partial charge in [-0.05, 0) is 48.9 Å². The average Bonchev–Trinajstić information content (AvgIpc) is 2.75. The number of nitrogens with one attached hydrogen (secondary N) is 1. The van der Waals surface area contributed by atoms with Crippen LogP contribution in [-0.2, 0) is 0 Å². The second kappa shape index (κ2) is 7.94. The summed E-state index contributed by atoms with van der Waals surface area (Å²) in [5.74, 6) is -0.134. The van der Waals surface area contributed by atoms with E-state index < -0.39 is 0 Å². The van der Waals surface area contributed by atoms with Crippen LogP contribution in [0.2, 0.25) is 0 Å². The molecule has 0 saturated carbocycles. The summed E-state index contributed by atoms with van der Waals surface area (Å²) in [7, 11) is 0. The van der Waals surface area contributed by atoms with Gasteiger partial charge >= 0.3 is 0 Å². The number of rotatable bonds is 4. The highest BCUT2D eigenvalue weighted by Gasteiger charge is 2.13. The molecule has 0 unspecified atom stereocenters. The predicted octanol–water partition coefficient (Wildman–Crippen LogP) is 4.68. The molecule has 4 aromatic rings. The van der Waals surface area contributed by atoms with Gasteiger partial charge in [-0.15, -0.1) is 0 Å². The van der Waals surface area contributed by atoms with Gasteiger partial charge in [0.25, 0.3) is 5.91 Å². The SMILES string of the molecule is Cc1ccc(-c2cc(C(=O)NN=Cc3ccc(O)cc3)c3ccccc3n2)cc1. The van der Waals surface area contributed by atoms with Crippen LogP contribution in [0.3, 0.4) is 0 Å². The van der Waals surface area contributed by atoms with Crippen LogP contribution in [-0.4, -0.2) is 22.2 Å². The molecule has 3 aromatic carbocycles. The number of phenols is 1. The van der Waals surface area contributed by atoms with E-state index in [4.69, 9.17) is 4.98 Å². The molecule has 0 aliphatic rings. The first-order valence-corrected chi connectivity index (χ1v) is 9.19. The minimum atomic E-state index is -0.313. The third-order valence-electron chi connectivity index (χ3n) is 4.58. The summed E-state index contributed by atoms with van der Waals surface area (Å²) in [5, 5.41) is 14.1. The van der Waals surface area contributed by atoms with E-state index in [1.165, 1.54) is 6.21 Å². The van der Waals surface area contributed by atoms with E-state index in [1.807, 2.05) is 55.5 Å². The highest BCUT2D eigenvalue weighted by molar-refractivity contribution is 6.07. The molecule has 5 heteroatoms. The molecule has 0 saturated heterocycles. The number of carbonyl (C=O) groups excluding carboxylic acids is 1. The summed E-state index contributed by atoms with van der Waals surface area (Å²) in [4.78, 5) is 17.6. The lowest BCUT2D eigenvalue weighted by Gasteiger charge is -2.09. The van der Waals surface area contributed by atoms with Crippen LogP contribution >= 0.6 is 0 Å². The number of nitrogens with zero attached hydrogens (tertiary/aromatic N) is 2. The van der Waals surface area contributed by atoms with Gasteiger partial charge in [-0.1, -0.05) is 48.0 Å². The molecule has 1 amide bonds. The number of phenolic OH excluding ortho intramolecular Hbond substituents is 1. The van der Waals surface area contributed by atoms with E-state index in [0.717, 1.165) is 33.3 Å². The molecule has 0 fully saturated rings. The Balaban J connectivity index is 1.67. The molecule has 2 N–H and O–H groups in total. The predicted molar refractivity (Wildman–Crippen MR) is 115 cm³/mol. The maximum Gasteiger partial charge on any atom is 0.272 e. The lowest BCUT2D eigenvalue weighted by molar-refractivity contribution is 0.0956. The number of aromatic nitrogens is 1. The monoisotopic (exact) mass is 381 g/mol. The Labute approximate surface area is 168 Å². The van der Waals surface area contributed by atoms with Crippen molar-refractivity contribution in [2.75, 3.05) is 0 Å². The summed E-state index contributed by atoms with van der Waals surface area (Å²) in [6.07, 6.45) is 1.53. The number of para-hydroxylation sites is 1. The first-order chi connectivity index (χ1) is 14.1. The van der Waals surface area contributed by atoms with Crippen molar-refractivity contribution in [2.45, 2.75) is 6.92 Å². The summed E-state index contributed by atoms with van der Waals surface area (Å²) in [5.41, 5.74) is 7.45.